The number of nitrogens with zero attached hydrogens (tertiary/aromatic N) is 4. The summed E-state index contributed by atoms with van der Waals surface area (Å²) in [6.45, 7) is 6.49. The van der Waals surface area contributed by atoms with Crippen molar-refractivity contribution in [3.05, 3.63) is 18.2 Å². The van der Waals surface area contributed by atoms with Gasteiger partial charge in [0.25, 0.3) is 0 Å². The zero-order chi connectivity index (χ0) is 17.6. The van der Waals surface area contributed by atoms with Crippen molar-refractivity contribution >= 4 is 11.8 Å². The maximum Gasteiger partial charge on any atom is 0.228 e. The summed E-state index contributed by atoms with van der Waals surface area (Å²) in [5.74, 6) is 1.67. The molecule has 2 amide bonds. The van der Waals surface area contributed by atoms with Crippen molar-refractivity contribution in [2.45, 2.75) is 64.0 Å². The number of carbonyl (C=O) groups excluding carboxylic acids is 2. The molecule has 2 aliphatic heterocycles. The maximum absolute atomic E-state index is 13.0. The Morgan fingerprint density at radius 3 is 2.72 bits per heavy atom. The van der Waals surface area contributed by atoms with E-state index in [1.807, 2.05) is 22.2 Å². The Morgan fingerprint density at radius 1 is 1.20 bits per heavy atom. The van der Waals surface area contributed by atoms with Gasteiger partial charge in [-0.25, -0.2) is 4.98 Å². The first-order valence-electron chi connectivity index (χ1n) is 9.65. The molecule has 4 rings (SSSR count). The molecule has 2 atom stereocenters. The van der Waals surface area contributed by atoms with Crippen molar-refractivity contribution in [1.82, 2.24) is 19.4 Å². The summed E-state index contributed by atoms with van der Waals surface area (Å²) >= 11 is 0. The number of likely N-dealkylation sites (tertiary alicyclic amines) is 2. The molecule has 2 saturated heterocycles. The highest BCUT2D eigenvalue weighted by Gasteiger charge is 2.43. The van der Waals surface area contributed by atoms with Gasteiger partial charge in [0.1, 0.15) is 5.82 Å². The van der Waals surface area contributed by atoms with Crippen LogP contribution in [-0.2, 0) is 9.59 Å². The topological polar surface area (TPSA) is 58.4 Å². The Labute approximate surface area is 149 Å². The summed E-state index contributed by atoms with van der Waals surface area (Å²) < 4.78 is 2.25. The van der Waals surface area contributed by atoms with Gasteiger partial charge in [0.15, 0.2) is 0 Å². The van der Waals surface area contributed by atoms with Gasteiger partial charge in [-0.05, 0) is 25.7 Å². The third-order valence-corrected chi connectivity index (χ3v) is 5.81. The summed E-state index contributed by atoms with van der Waals surface area (Å²) in [7, 11) is 0. The molecule has 1 aromatic heterocycles. The molecule has 3 heterocycles. The lowest BCUT2D eigenvalue weighted by molar-refractivity contribution is -0.137. The van der Waals surface area contributed by atoms with Crippen LogP contribution in [0.15, 0.2) is 12.4 Å². The average molecular weight is 344 g/mol. The number of piperidine rings is 1. The predicted molar refractivity (Wildman–Crippen MR) is 94.0 cm³/mol. The van der Waals surface area contributed by atoms with Crippen LogP contribution in [0.3, 0.4) is 0 Å². The fraction of sp³-hybridized carbons (Fsp3) is 0.737. The lowest BCUT2D eigenvalue weighted by Gasteiger charge is -2.35. The SMILES string of the molecule is CC(C)c1nccn1C1CCCN(C(=O)C2CC(=O)N(C3CC3)C2)C1. The second-order valence-corrected chi connectivity index (χ2v) is 8.11. The molecule has 0 radical (unpaired) electrons. The highest BCUT2D eigenvalue weighted by atomic mass is 16.2. The fourth-order valence-corrected chi connectivity index (χ4v) is 4.36. The highest BCUT2D eigenvalue weighted by molar-refractivity contribution is 5.89. The molecule has 2 unspecified atom stereocenters. The molecule has 3 aliphatic rings. The monoisotopic (exact) mass is 344 g/mol. The predicted octanol–water partition coefficient (Wildman–Crippen LogP) is 2.18. The minimum atomic E-state index is -0.140. The van der Waals surface area contributed by atoms with E-state index in [2.05, 4.69) is 23.4 Å². The van der Waals surface area contributed by atoms with E-state index in [1.54, 1.807) is 0 Å². The van der Waals surface area contributed by atoms with E-state index < -0.39 is 0 Å². The third-order valence-electron chi connectivity index (χ3n) is 5.81. The smallest absolute Gasteiger partial charge is 0.228 e. The van der Waals surface area contributed by atoms with Crippen molar-refractivity contribution < 1.29 is 9.59 Å². The van der Waals surface area contributed by atoms with Gasteiger partial charge in [0.05, 0.1) is 12.0 Å². The van der Waals surface area contributed by atoms with Gasteiger partial charge in [-0.15, -0.1) is 0 Å². The Balaban J connectivity index is 1.43. The second kappa shape index (κ2) is 6.46. The molecular weight excluding hydrogens is 316 g/mol. The fourth-order valence-electron chi connectivity index (χ4n) is 4.36. The molecule has 0 N–H and O–H groups in total. The first-order chi connectivity index (χ1) is 12.0. The van der Waals surface area contributed by atoms with Crippen LogP contribution in [0.2, 0.25) is 0 Å². The quantitative estimate of drug-likeness (QED) is 0.841. The summed E-state index contributed by atoms with van der Waals surface area (Å²) in [6, 6.07) is 0.716. The van der Waals surface area contributed by atoms with Crippen LogP contribution in [-0.4, -0.2) is 56.8 Å². The molecular formula is C19H28N4O2. The Morgan fingerprint density at radius 2 is 2.00 bits per heavy atom. The standard InChI is InChI=1S/C19H28N4O2/c1-13(2)18-20-7-9-22(18)16-4-3-8-21(12-16)19(25)14-10-17(24)23(11-14)15-5-6-15/h7,9,13-16H,3-6,8,10-12H2,1-2H3. The zero-order valence-corrected chi connectivity index (χ0v) is 15.2. The first kappa shape index (κ1) is 16.6. The lowest BCUT2D eigenvalue weighted by atomic mass is 10.0. The third kappa shape index (κ3) is 3.18. The molecule has 6 nitrogen and oxygen atoms in total. The van der Waals surface area contributed by atoms with Gasteiger partial charge in [-0.2, -0.15) is 0 Å². The van der Waals surface area contributed by atoms with Crippen LogP contribution in [0.5, 0.6) is 0 Å². The molecule has 136 valence electrons. The van der Waals surface area contributed by atoms with Crippen LogP contribution in [0.4, 0.5) is 0 Å². The van der Waals surface area contributed by atoms with Crippen LogP contribution in [0.1, 0.15) is 63.7 Å². The molecule has 1 aromatic rings. The van der Waals surface area contributed by atoms with E-state index in [0.717, 1.165) is 44.6 Å². The summed E-state index contributed by atoms with van der Waals surface area (Å²) in [5, 5.41) is 0. The van der Waals surface area contributed by atoms with E-state index in [-0.39, 0.29) is 17.7 Å². The van der Waals surface area contributed by atoms with Gasteiger partial charge in [0, 0.05) is 50.4 Å². The molecule has 0 spiro atoms. The van der Waals surface area contributed by atoms with E-state index in [0.29, 0.717) is 31.0 Å². The Kier molecular flexibility index (Phi) is 4.29. The van der Waals surface area contributed by atoms with Crippen LogP contribution < -0.4 is 0 Å². The van der Waals surface area contributed by atoms with E-state index >= 15 is 0 Å². The minimum absolute atomic E-state index is 0.140. The normalized spacial score (nSPS) is 27.4. The molecule has 1 aliphatic carbocycles. The van der Waals surface area contributed by atoms with Crippen molar-refractivity contribution in [1.29, 1.82) is 0 Å². The minimum Gasteiger partial charge on any atom is -0.340 e. The van der Waals surface area contributed by atoms with Gasteiger partial charge in [-0.1, -0.05) is 13.8 Å². The Hall–Kier alpha value is -1.85. The molecule has 0 aromatic carbocycles. The summed E-state index contributed by atoms with van der Waals surface area (Å²) in [4.78, 5) is 33.6. The van der Waals surface area contributed by atoms with Crippen LogP contribution in [0, 0.1) is 5.92 Å². The van der Waals surface area contributed by atoms with E-state index in [9.17, 15) is 9.59 Å². The van der Waals surface area contributed by atoms with Crippen LogP contribution in [0.25, 0.3) is 0 Å². The summed E-state index contributed by atoms with van der Waals surface area (Å²) in [5.41, 5.74) is 0. The average Bonchev–Trinajstić information content (AvgIpc) is 3.18. The number of carbonyl (C=O) groups is 2. The molecule has 0 bridgehead atoms. The number of aromatic nitrogens is 2. The largest absolute Gasteiger partial charge is 0.340 e. The summed E-state index contributed by atoms with van der Waals surface area (Å²) in [6.07, 6.45) is 8.62. The number of amides is 2. The molecule has 1 saturated carbocycles. The number of hydrogen-bond donors (Lipinski definition) is 0. The van der Waals surface area contributed by atoms with Gasteiger partial charge in [-0.3, -0.25) is 9.59 Å². The van der Waals surface area contributed by atoms with Crippen LogP contribution >= 0.6 is 0 Å². The van der Waals surface area contributed by atoms with Gasteiger partial charge in [0.2, 0.25) is 11.8 Å². The number of imidazole rings is 1. The first-order valence-corrected chi connectivity index (χ1v) is 9.65. The molecule has 6 heteroatoms. The number of rotatable bonds is 4. The maximum atomic E-state index is 13.0. The van der Waals surface area contributed by atoms with Crippen molar-refractivity contribution in [3.63, 3.8) is 0 Å². The number of hydrogen-bond acceptors (Lipinski definition) is 3. The second-order valence-electron chi connectivity index (χ2n) is 8.11. The zero-order valence-electron chi connectivity index (χ0n) is 15.2. The molecule has 3 fully saturated rings. The highest BCUT2D eigenvalue weighted by Crippen LogP contribution is 2.34. The van der Waals surface area contributed by atoms with Crippen molar-refractivity contribution in [3.8, 4) is 0 Å². The van der Waals surface area contributed by atoms with E-state index in [1.165, 1.54) is 0 Å². The Bertz CT molecular complexity index is 664. The lowest BCUT2D eigenvalue weighted by Crippen LogP contribution is -2.44. The molecule has 25 heavy (non-hydrogen) atoms. The van der Waals surface area contributed by atoms with Crippen molar-refractivity contribution in [2.75, 3.05) is 19.6 Å². The van der Waals surface area contributed by atoms with Gasteiger partial charge >= 0.3 is 0 Å². The van der Waals surface area contributed by atoms with Crippen molar-refractivity contribution in [2.24, 2.45) is 5.92 Å². The van der Waals surface area contributed by atoms with E-state index in [4.69, 9.17) is 0 Å². The van der Waals surface area contributed by atoms with Gasteiger partial charge < -0.3 is 14.4 Å².